The van der Waals surface area contributed by atoms with Crippen LogP contribution in [0.15, 0.2) is 18.2 Å². The summed E-state index contributed by atoms with van der Waals surface area (Å²) in [5.41, 5.74) is 1.02. The molecule has 1 saturated heterocycles. The summed E-state index contributed by atoms with van der Waals surface area (Å²) in [6, 6.07) is 6.41. The minimum Gasteiger partial charge on any atom is -0.360 e. The Morgan fingerprint density at radius 1 is 1.42 bits per heavy atom. The summed E-state index contributed by atoms with van der Waals surface area (Å²) in [6.45, 7) is 5.70. The van der Waals surface area contributed by atoms with Gasteiger partial charge < -0.3 is 5.32 Å². The van der Waals surface area contributed by atoms with Crippen molar-refractivity contribution in [1.82, 2.24) is 9.88 Å². The molecule has 3 nitrogen and oxygen atoms in total. The normalized spacial score (nSPS) is 18.0. The maximum Gasteiger partial charge on any atom is 0.183 e. The molecule has 1 unspecified atom stereocenters. The lowest BCUT2D eigenvalue weighted by molar-refractivity contribution is 0.269. The first-order chi connectivity index (χ1) is 9.22. The van der Waals surface area contributed by atoms with E-state index in [1.54, 1.807) is 11.3 Å². The molecule has 0 saturated carbocycles. The zero-order valence-electron chi connectivity index (χ0n) is 11.0. The molecule has 0 bridgehead atoms. The number of hydrogen-bond acceptors (Lipinski definition) is 4. The van der Waals surface area contributed by atoms with Crippen LogP contribution < -0.4 is 5.32 Å². The van der Waals surface area contributed by atoms with E-state index in [1.807, 2.05) is 18.2 Å². The van der Waals surface area contributed by atoms with Crippen molar-refractivity contribution in [3.8, 4) is 0 Å². The molecule has 1 aromatic carbocycles. The fraction of sp³-hybridized carbons (Fsp3) is 0.500. The molecule has 1 aliphatic rings. The van der Waals surface area contributed by atoms with Crippen LogP contribution in [0, 0.1) is 0 Å². The van der Waals surface area contributed by atoms with Gasteiger partial charge in [0.05, 0.1) is 10.2 Å². The topological polar surface area (TPSA) is 28.2 Å². The van der Waals surface area contributed by atoms with Crippen LogP contribution in [0.1, 0.15) is 19.8 Å². The number of rotatable bonds is 4. The standard InChI is InChI=1S/C14H18ClN3S/c1-10(18-6-2-3-7-18)9-16-14-17-12-5-4-11(15)8-13(12)19-14/h4-5,8,10H,2-3,6-7,9H2,1H3,(H,16,17). The molecule has 1 fully saturated rings. The third-order valence-corrected chi connectivity index (χ3v) is 4.87. The van der Waals surface area contributed by atoms with Crippen molar-refractivity contribution in [2.45, 2.75) is 25.8 Å². The fourth-order valence-electron chi connectivity index (χ4n) is 2.52. The van der Waals surface area contributed by atoms with Gasteiger partial charge in [-0.05, 0) is 51.1 Å². The van der Waals surface area contributed by atoms with E-state index in [2.05, 4.69) is 22.1 Å². The SMILES string of the molecule is CC(CNc1nc2ccc(Cl)cc2s1)N1CCCC1. The molecule has 2 aromatic rings. The van der Waals surface area contributed by atoms with Gasteiger partial charge in [0.15, 0.2) is 5.13 Å². The number of thiazole rings is 1. The molecule has 0 radical (unpaired) electrons. The summed E-state index contributed by atoms with van der Waals surface area (Å²) in [4.78, 5) is 7.12. The Balaban J connectivity index is 1.64. The van der Waals surface area contributed by atoms with Crippen LogP contribution in [0.25, 0.3) is 10.2 Å². The van der Waals surface area contributed by atoms with Gasteiger partial charge in [0.2, 0.25) is 0 Å². The summed E-state index contributed by atoms with van der Waals surface area (Å²) in [5, 5.41) is 5.21. The van der Waals surface area contributed by atoms with E-state index < -0.39 is 0 Å². The zero-order chi connectivity index (χ0) is 13.2. The van der Waals surface area contributed by atoms with Gasteiger partial charge in [-0.1, -0.05) is 22.9 Å². The minimum atomic E-state index is 0.568. The molecule has 1 N–H and O–H groups in total. The maximum atomic E-state index is 5.99. The number of likely N-dealkylation sites (tertiary alicyclic amines) is 1. The van der Waals surface area contributed by atoms with Crippen molar-refractivity contribution in [2.75, 3.05) is 25.0 Å². The van der Waals surface area contributed by atoms with Gasteiger partial charge in [0, 0.05) is 17.6 Å². The van der Waals surface area contributed by atoms with Crippen LogP contribution in [-0.2, 0) is 0 Å². The summed E-state index contributed by atoms with van der Waals surface area (Å²) < 4.78 is 1.14. The first-order valence-electron chi connectivity index (χ1n) is 6.76. The number of halogens is 1. The fourth-order valence-corrected chi connectivity index (χ4v) is 3.67. The average molecular weight is 296 g/mol. The Morgan fingerprint density at radius 3 is 3.00 bits per heavy atom. The molecular formula is C14H18ClN3S. The van der Waals surface area contributed by atoms with E-state index in [4.69, 9.17) is 11.6 Å². The number of fused-ring (bicyclic) bond motifs is 1. The molecule has 19 heavy (non-hydrogen) atoms. The van der Waals surface area contributed by atoms with Crippen molar-refractivity contribution in [3.05, 3.63) is 23.2 Å². The van der Waals surface area contributed by atoms with Gasteiger partial charge in [0.25, 0.3) is 0 Å². The Hall–Kier alpha value is -0.840. The van der Waals surface area contributed by atoms with Gasteiger partial charge >= 0.3 is 0 Å². The van der Waals surface area contributed by atoms with Crippen LogP contribution in [0.3, 0.4) is 0 Å². The molecule has 1 aliphatic heterocycles. The second kappa shape index (κ2) is 5.65. The molecule has 1 aromatic heterocycles. The first kappa shape index (κ1) is 13.2. The monoisotopic (exact) mass is 295 g/mol. The second-order valence-electron chi connectivity index (χ2n) is 5.10. The Kier molecular flexibility index (Phi) is 3.91. The van der Waals surface area contributed by atoms with Crippen molar-refractivity contribution < 1.29 is 0 Å². The lowest BCUT2D eigenvalue weighted by Gasteiger charge is -2.23. The Morgan fingerprint density at radius 2 is 2.21 bits per heavy atom. The first-order valence-corrected chi connectivity index (χ1v) is 7.96. The largest absolute Gasteiger partial charge is 0.360 e. The number of nitrogens with one attached hydrogen (secondary N) is 1. The van der Waals surface area contributed by atoms with Crippen molar-refractivity contribution in [3.63, 3.8) is 0 Å². The van der Waals surface area contributed by atoms with Crippen molar-refractivity contribution in [2.24, 2.45) is 0 Å². The Bertz CT molecular complexity index is 563. The van der Waals surface area contributed by atoms with Gasteiger partial charge in [-0.25, -0.2) is 4.98 Å². The summed E-state index contributed by atoms with van der Waals surface area (Å²) in [5.74, 6) is 0. The minimum absolute atomic E-state index is 0.568. The van der Waals surface area contributed by atoms with E-state index in [1.165, 1.54) is 25.9 Å². The molecule has 0 amide bonds. The molecular weight excluding hydrogens is 278 g/mol. The van der Waals surface area contributed by atoms with Crippen LogP contribution in [0.5, 0.6) is 0 Å². The maximum absolute atomic E-state index is 5.99. The number of anilines is 1. The van der Waals surface area contributed by atoms with E-state index in [9.17, 15) is 0 Å². The summed E-state index contributed by atoms with van der Waals surface area (Å²) >= 11 is 7.66. The molecule has 2 heterocycles. The van der Waals surface area contributed by atoms with E-state index in [-0.39, 0.29) is 0 Å². The van der Waals surface area contributed by atoms with Crippen molar-refractivity contribution in [1.29, 1.82) is 0 Å². The summed E-state index contributed by atoms with van der Waals surface area (Å²) in [6.07, 6.45) is 2.67. The molecule has 5 heteroatoms. The highest BCUT2D eigenvalue weighted by Gasteiger charge is 2.17. The molecule has 3 rings (SSSR count). The lowest BCUT2D eigenvalue weighted by atomic mass is 10.3. The highest BCUT2D eigenvalue weighted by Crippen LogP contribution is 2.28. The summed E-state index contributed by atoms with van der Waals surface area (Å²) in [7, 11) is 0. The van der Waals surface area contributed by atoms with E-state index in [0.717, 1.165) is 26.9 Å². The second-order valence-corrected chi connectivity index (χ2v) is 6.57. The molecule has 0 spiro atoms. The number of hydrogen-bond donors (Lipinski definition) is 1. The third kappa shape index (κ3) is 3.02. The van der Waals surface area contributed by atoms with Crippen molar-refractivity contribution >= 4 is 38.3 Å². The number of aromatic nitrogens is 1. The van der Waals surface area contributed by atoms with Gasteiger partial charge in [-0.3, -0.25) is 4.90 Å². The predicted molar refractivity (Wildman–Crippen MR) is 83.4 cm³/mol. The van der Waals surface area contributed by atoms with Gasteiger partial charge in [0.1, 0.15) is 0 Å². The van der Waals surface area contributed by atoms with Gasteiger partial charge in [-0.2, -0.15) is 0 Å². The highest BCUT2D eigenvalue weighted by molar-refractivity contribution is 7.22. The van der Waals surface area contributed by atoms with Crippen LogP contribution >= 0.6 is 22.9 Å². The average Bonchev–Trinajstić information content (AvgIpc) is 3.04. The lowest BCUT2D eigenvalue weighted by Crippen LogP contribution is -2.35. The zero-order valence-corrected chi connectivity index (χ0v) is 12.6. The van der Waals surface area contributed by atoms with Gasteiger partial charge in [-0.15, -0.1) is 0 Å². The van der Waals surface area contributed by atoms with Crippen LogP contribution in [0.4, 0.5) is 5.13 Å². The smallest absolute Gasteiger partial charge is 0.183 e. The van der Waals surface area contributed by atoms with E-state index in [0.29, 0.717) is 6.04 Å². The van der Waals surface area contributed by atoms with Crippen LogP contribution in [-0.4, -0.2) is 35.6 Å². The molecule has 1 atom stereocenters. The van der Waals surface area contributed by atoms with E-state index >= 15 is 0 Å². The molecule has 102 valence electrons. The third-order valence-electron chi connectivity index (χ3n) is 3.66. The Labute approximate surface area is 122 Å². The predicted octanol–water partition coefficient (Wildman–Crippen LogP) is 3.85. The van der Waals surface area contributed by atoms with Crippen LogP contribution in [0.2, 0.25) is 5.02 Å². The highest BCUT2D eigenvalue weighted by atomic mass is 35.5. The number of benzene rings is 1. The quantitative estimate of drug-likeness (QED) is 0.929. The number of nitrogens with zero attached hydrogens (tertiary/aromatic N) is 2. The molecule has 0 aliphatic carbocycles.